The lowest BCUT2D eigenvalue weighted by Gasteiger charge is -2.26. The number of hydrogen-bond acceptors (Lipinski definition) is 5. The van der Waals surface area contributed by atoms with Crippen LogP contribution in [0.4, 0.5) is 0 Å². The van der Waals surface area contributed by atoms with Gasteiger partial charge in [-0.15, -0.1) is 0 Å². The summed E-state index contributed by atoms with van der Waals surface area (Å²) in [7, 11) is 0. The molecule has 0 spiro atoms. The van der Waals surface area contributed by atoms with Gasteiger partial charge in [0.25, 0.3) is 0 Å². The van der Waals surface area contributed by atoms with Crippen LogP contribution >= 0.6 is 0 Å². The molecule has 1 saturated carbocycles. The highest BCUT2D eigenvalue weighted by Crippen LogP contribution is 2.27. The van der Waals surface area contributed by atoms with Crippen molar-refractivity contribution in [3.8, 4) is 0 Å². The van der Waals surface area contributed by atoms with Gasteiger partial charge in [-0.1, -0.05) is 62.4 Å². The van der Waals surface area contributed by atoms with Gasteiger partial charge in [0.1, 0.15) is 12.6 Å². The number of carbonyl (C=O) groups excluding carboxylic acids is 3. The number of esters is 1. The molecule has 2 rings (SSSR count). The Morgan fingerprint density at radius 3 is 2.41 bits per heavy atom. The molecular formula is C20H29N3O4. The summed E-state index contributed by atoms with van der Waals surface area (Å²) >= 11 is 0. The molecule has 0 bridgehead atoms. The quantitative estimate of drug-likeness (QED) is 0.563. The van der Waals surface area contributed by atoms with E-state index in [0.717, 1.165) is 31.2 Å². The van der Waals surface area contributed by atoms with Crippen molar-refractivity contribution < 1.29 is 19.1 Å². The molecule has 0 aliphatic heterocycles. The summed E-state index contributed by atoms with van der Waals surface area (Å²) in [5, 5.41) is 2.60. The van der Waals surface area contributed by atoms with Crippen LogP contribution in [-0.2, 0) is 25.7 Å². The molecule has 1 aromatic rings. The molecule has 1 fully saturated rings. The van der Waals surface area contributed by atoms with Gasteiger partial charge in [-0.2, -0.15) is 0 Å². The maximum absolute atomic E-state index is 12.3. The molecule has 27 heavy (non-hydrogen) atoms. The highest BCUT2D eigenvalue weighted by molar-refractivity contribution is 5.91. The molecule has 0 unspecified atom stereocenters. The summed E-state index contributed by atoms with van der Waals surface area (Å²) in [6.07, 6.45) is 5.82. The lowest BCUT2D eigenvalue weighted by atomic mass is 9.84. The molecule has 0 saturated heterocycles. The Morgan fingerprint density at radius 2 is 1.78 bits per heavy atom. The van der Waals surface area contributed by atoms with E-state index in [1.807, 2.05) is 30.3 Å². The van der Waals surface area contributed by atoms with E-state index in [-0.39, 0.29) is 13.0 Å². The maximum atomic E-state index is 12.3. The lowest BCUT2D eigenvalue weighted by Crippen LogP contribution is -2.51. The van der Waals surface area contributed by atoms with Crippen molar-refractivity contribution in [3.05, 3.63) is 35.9 Å². The van der Waals surface area contributed by atoms with E-state index in [0.29, 0.717) is 12.3 Å². The largest absolute Gasteiger partial charge is 0.461 e. The lowest BCUT2D eigenvalue weighted by molar-refractivity contribution is -0.146. The first-order valence-electron chi connectivity index (χ1n) is 9.50. The maximum Gasteiger partial charge on any atom is 0.308 e. The SMILES string of the molecule is NC(=O)[C@H](CC1CCCCC1)NC(=O)[C@@H](N)CC(=O)OCc1ccccc1. The average molecular weight is 375 g/mol. The summed E-state index contributed by atoms with van der Waals surface area (Å²) < 4.78 is 5.13. The number of ether oxygens (including phenoxy) is 1. The Labute approximate surface area is 159 Å². The smallest absolute Gasteiger partial charge is 0.308 e. The van der Waals surface area contributed by atoms with Crippen molar-refractivity contribution in [2.24, 2.45) is 17.4 Å². The van der Waals surface area contributed by atoms with Crippen LogP contribution in [0.25, 0.3) is 0 Å². The van der Waals surface area contributed by atoms with Gasteiger partial charge in [-0.05, 0) is 17.9 Å². The molecule has 0 radical (unpaired) electrons. The third-order valence-electron chi connectivity index (χ3n) is 4.92. The molecular weight excluding hydrogens is 346 g/mol. The number of hydrogen-bond donors (Lipinski definition) is 3. The van der Waals surface area contributed by atoms with Crippen molar-refractivity contribution in [1.29, 1.82) is 0 Å². The van der Waals surface area contributed by atoms with Gasteiger partial charge in [0.2, 0.25) is 11.8 Å². The van der Waals surface area contributed by atoms with Gasteiger partial charge < -0.3 is 21.5 Å². The fraction of sp³-hybridized carbons (Fsp3) is 0.550. The van der Waals surface area contributed by atoms with Crippen molar-refractivity contribution in [3.63, 3.8) is 0 Å². The van der Waals surface area contributed by atoms with E-state index in [1.165, 1.54) is 6.42 Å². The predicted octanol–water partition coefficient (Wildman–Crippen LogP) is 1.39. The minimum Gasteiger partial charge on any atom is -0.461 e. The molecule has 5 N–H and O–H groups in total. The molecule has 7 heteroatoms. The van der Waals surface area contributed by atoms with E-state index < -0.39 is 29.9 Å². The van der Waals surface area contributed by atoms with Gasteiger partial charge in [0.15, 0.2) is 0 Å². The topological polar surface area (TPSA) is 125 Å². The Kier molecular flexibility index (Phi) is 8.26. The molecule has 1 aromatic carbocycles. The first kappa shape index (κ1) is 20.9. The van der Waals surface area contributed by atoms with Crippen LogP contribution < -0.4 is 16.8 Å². The standard InChI is InChI=1S/C20H29N3O4/c21-16(12-18(24)27-13-15-9-5-2-6-10-15)20(26)23-17(19(22)25)11-14-7-3-1-4-8-14/h2,5-6,9-10,14,16-17H,1,3-4,7-8,11-13,21H2,(H2,22,25)(H,23,26)/t16-,17-/m0/s1. The second-order valence-electron chi connectivity index (χ2n) is 7.16. The van der Waals surface area contributed by atoms with Crippen molar-refractivity contribution in [2.45, 2.75) is 63.6 Å². The van der Waals surface area contributed by atoms with Crippen molar-refractivity contribution >= 4 is 17.8 Å². The van der Waals surface area contributed by atoms with Gasteiger partial charge in [0.05, 0.1) is 12.5 Å². The van der Waals surface area contributed by atoms with Crippen LogP contribution in [0, 0.1) is 5.92 Å². The Balaban J connectivity index is 1.77. The number of rotatable bonds is 9. The van der Waals surface area contributed by atoms with Gasteiger partial charge in [-0.25, -0.2) is 0 Å². The molecule has 1 aliphatic rings. The monoisotopic (exact) mass is 375 g/mol. The first-order valence-corrected chi connectivity index (χ1v) is 9.50. The molecule has 0 heterocycles. The van der Waals surface area contributed by atoms with Crippen LogP contribution in [0.15, 0.2) is 30.3 Å². The van der Waals surface area contributed by atoms with Crippen LogP contribution in [0.2, 0.25) is 0 Å². The molecule has 7 nitrogen and oxygen atoms in total. The number of benzene rings is 1. The summed E-state index contributed by atoms with van der Waals surface area (Å²) in [6, 6.07) is 7.39. The summed E-state index contributed by atoms with van der Waals surface area (Å²) in [5.41, 5.74) is 12.1. The normalized spacial score (nSPS) is 16.9. The minimum absolute atomic E-state index is 0.125. The Bertz CT molecular complexity index is 629. The second-order valence-corrected chi connectivity index (χ2v) is 7.16. The molecule has 2 atom stereocenters. The second kappa shape index (κ2) is 10.7. The third kappa shape index (κ3) is 7.38. The fourth-order valence-electron chi connectivity index (χ4n) is 3.35. The van der Waals surface area contributed by atoms with E-state index in [9.17, 15) is 14.4 Å². The Hall–Kier alpha value is -2.41. The molecule has 0 aromatic heterocycles. The third-order valence-corrected chi connectivity index (χ3v) is 4.92. The van der Waals surface area contributed by atoms with Crippen LogP contribution in [0.3, 0.4) is 0 Å². The van der Waals surface area contributed by atoms with Crippen LogP contribution in [0.5, 0.6) is 0 Å². The van der Waals surface area contributed by atoms with Crippen LogP contribution in [0.1, 0.15) is 50.5 Å². The molecule has 148 valence electrons. The zero-order valence-corrected chi connectivity index (χ0v) is 15.6. The molecule has 2 amide bonds. The summed E-state index contributed by atoms with van der Waals surface area (Å²) in [5.74, 6) is -1.33. The first-order chi connectivity index (χ1) is 13.0. The summed E-state index contributed by atoms with van der Waals surface area (Å²) in [4.78, 5) is 35.8. The molecule has 1 aliphatic carbocycles. The van der Waals surface area contributed by atoms with Gasteiger partial charge >= 0.3 is 5.97 Å². The number of nitrogens with two attached hydrogens (primary N) is 2. The zero-order valence-electron chi connectivity index (χ0n) is 15.6. The minimum atomic E-state index is -1.08. The Morgan fingerprint density at radius 1 is 1.11 bits per heavy atom. The predicted molar refractivity (Wildman–Crippen MR) is 101 cm³/mol. The highest BCUT2D eigenvalue weighted by Gasteiger charge is 2.27. The number of carbonyl (C=O) groups is 3. The summed E-state index contributed by atoms with van der Waals surface area (Å²) in [6.45, 7) is 0.125. The van der Waals surface area contributed by atoms with E-state index in [2.05, 4.69) is 5.32 Å². The van der Waals surface area contributed by atoms with Crippen molar-refractivity contribution in [2.75, 3.05) is 0 Å². The van der Waals surface area contributed by atoms with Crippen LogP contribution in [-0.4, -0.2) is 29.9 Å². The van der Waals surface area contributed by atoms with E-state index >= 15 is 0 Å². The van der Waals surface area contributed by atoms with Crippen molar-refractivity contribution in [1.82, 2.24) is 5.32 Å². The number of amides is 2. The highest BCUT2D eigenvalue weighted by atomic mass is 16.5. The zero-order chi connectivity index (χ0) is 19.6. The van der Waals surface area contributed by atoms with Gasteiger partial charge in [0, 0.05) is 0 Å². The number of primary amides is 1. The van der Waals surface area contributed by atoms with E-state index in [4.69, 9.17) is 16.2 Å². The van der Waals surface area contributed by atoms with Gasteiger partial charge in [-0.3, -0.25) is 14.4 Å². The van der Waals surface area contributed by atoms with E-state index in [1.54, 1.807) is 0 Å². The fourth-order valence-corrected chi connectivity index (χ4v) is 3.35. The number of nitrogens with one attached hydrogen (secondary N) is 1. The average Bonchev–Trinajstić information content (AvgIpc) is 2.67.